The predicted molar refractivity (Wildman–Crippen MR) is 161 cm³/mol. The van der Waals surface area contributed by atoms with Crippen LogP contribution in [0.25, 0.3) is 16.5 Å². The maximum atomic E-state index is 13.1. The summed E-state index contributed by atoms with van der Waals surface area (Å²) >= 11 is 0. The minimum absolute atomic E-state index is 0.0948. The maximum absolute atomic E-state index is 13.1. The Labute approximate surface area is 248 Å². The van der Waals surface area contributed by atoms with E-state index in [4.69, 9.17) is 9.47 Å². The summed E-state index contributed by atoms with van der Waals surface area (Å²) < 4.78 is 11.2. The maximum Gasteiger partial charge on any atom is 0.349 e. The number of unbranched alkanes of at least 4 members (excludes halogenated alkanes) is 2. The van der Waals surface area contributed by atoms with E-state index >= 15 is 0 Å². The second-order valence-electron chi connectivity index (χ2n) is 10.9. The van der Waals surface area contributed by atoms with Crippen molar-refractivity contribution in [3.05, 3.63) is 52.8 Å². The summed E-state index contributed by atoms with van der Waals surface area (Å²) in [4.78, 5) is 35.0. The summed E-state index contributed by atoms with van der Waals surface area (Å²) in [5, 5.41) is 21.5. The van der Waals surface area contributed by atoms with E-state index in [0.29, 0.717) is 33.6 Å². The van der Waals surface area contributed by atoms with Gasteiger partial charge in [-0.15, -0.1) is 0 Å². The number of benzene rings is 1. The highest BCUT2D eigenvalue weighted by Gasteiger charge is 2.32. The average molecular weight is 571 g/mol. The molecular formula is C34H42N4O4. The topological polar surface area (TPSA) is 125 Å². The van der Waals surface area contributed by atoms with Gasteiger partial charge in [-0.25, -0.2) is 4.79 Å². The molecule has 0 radical (unpaired) electrons. The number of rotatable bonds is 15. The highest BCUT2D eigenvalue weighted by atomic mass is 16.5. The number of carbonyl (C=O) groups is 2. The van der Waals surface area contributed by atoms with Crippen LogP contribution in [-0.2, 0) is 19.1 Å². The van der Waals surface area contributed by atoms with E-state index in [1.165, 1.54) is 6.20 Å². The van der Waals surface area contributed by atoms with Crippen molar-refractivity contribution < 1.29 is 19.1 Å². The lowest BCUT2D eigenvalue weighted by Gasteiger charge is -2.22. The molecule has 1 aliphatic heterocycles. The van der Waals surface area contributed by atoms with Gasteiger partial charge in [0.15, 0.2) is 5.92 Å². The molecule has 42 heavy (non-hydrogen) atoms. The van der Waals surface area contributed by atoms with Crippen LogP contribution in [0.15, 0.2) is 41.7 Å². The first kappa shape index (κ1) is 32.5. The van der Waals surface area contributed by atoms with Crippen molar-refractivity contribution in [2.75, 3.05) is 13.2 Å². The molecule has 0 aliphatic carbocycles. The Hall–Kier alpha value is -4.04. The molecule has 8 heteroatoms. The van der Waals surface area contributed by atoms with Crippen molar-refractivity contribution >= 4 is 28.4 Å². The van der Waals surface area contributed by atoms with E-state index in [0.717, 1.165) is 51.4 Å². The third-order valence-corrected chi connectivity index (χ3v) is 8.09. The van der Waals surface area contributed by atoms with Crippen LogP contribution in [0.1, 0.15) is 90.5 Å². The summed E-state index contributed by atoms with van der Waals surface area (Å²) in [6.45, 7) is 8.97. The number of fused-ring (bicyclic) bond motifs is 2. The number of esters is 2. The minimum Gasteiger partial charge on any atom is -0.464 e. The fourth-order valence-electron chi connectivity index (χ4n) is 5.25. The molecular weight excluding hydrogens is 528 g/mol. The molecule has 8 nitrogen and oxygen atoms in total. The third kappa shape index (κ3) is 8.03. The van der Waals surface area contributed by atoms with Crippen LogP contribution >= 0.6 is 0 Å². The van der Waals surface area contributed by atoms with Crippen molar-refractivity contribution in [2.45, 2.75) is 85.0 Å². The zero-order valence-electron chi connectivity index (χ0n) is 25.3. The number of aromatic nitrogens is 1. The van der Waals surface area contributed by atoms with E-state index in [1.807, 2.05) is 6.07 Å². The molecule has 0 bridgehead atoms. The standard InChI is InChI=1S/C34H42N4O4/c1-5-9-11-23(7-3)21-41-33(39)29(19-35)25-13-15-37-31-18-28-26(14-16-38-32(28)17-27(25)31)30(20-36)34(40)42-22-24(8-4)12-10-6-2/h13-18,23-25,29H,5-12,21-22H2,1-4H3/b30-26+. The summed E-state index contributed by atoms with van der Waals surface area (Å²) in [7, 11) is 0. The summed E-state index contributed by atoms with van der Waals surface area (Å²) in [5.41, 5.74) is 1.09. The van der Waals surface area contributed by atoms with Gasteiger partial charge >= 0.3 is 11.9 Å². The molecule has 1 aromatic carbocycles. The SMILES string of the molecule is CCCCC(CC)COC(=O)/C(C#N)=c1\ccnc2cc3c(cc12)=NC=CC3C(C#N)C(=O)OCC(CC)CCCC. The normalized spacial score (nSPS) is 16.7. The van der Waals surface area contributed by atoms with Crippen LogP contribution < -0.4 is 10.6 Å². The van der Waals surface area contributed by atoms with Crippen LogP contribution in [-0.4, -0.2) is 30.1 Å². The number of nitrogens with zero attached hydrogens (tertiary/aromatic N) is 4. The number of ether oxygens (including phenoxy) is 2. The quantitative estimate of drug-likeness (QED) is 0.248. The fourth-order valence-corrected chi connectivity index (χ4v) is 5.25. The van der Waals surface area contributed by atoms with Gasteiger partial charge in [-0.05, 0) is 48.4 Å². The number of pyridine rings is 1. The highest BCUT2D eigenvalue weighted by Crippen LogP contribution is 2.29. The van der Waals surface area contributed by atoms with Crippen molar-refractivity contribution in [3.8, 4) is 12.1 Å². The number of nitriles is 2. The molecule has 3 rings (SSSR count). The first-order chi connectivity index (χ1) is 20.4. The van der Waals surface area contributed by atoms with Gasteiger partial charge in [0.05, 0.1) is 30.2 Å². The van der Waals surface area contributed by atoms with Gasteiger partial charge in [0.1, 0.15) is 11.6 Å². The first-order valence-electron chi connectivity index (χ1n) is 15.2. The van der Waals surface area contributed by atoms with Crippen molar-refractivity contribution in [3.63, 3.8) is 0 Å². The van der Waals surface area contributed by atoms with E-state index < -0.39 is 23.8 Å². The minimum atomic E-state index is -1.05. The smallest absolute Gasteiger partial charge is 0.349 e. The van der Waals surface area contributed by atoms with Crippen LogP contribution in [0.3, 0.4) is 0 Å². The van der Waals surface area contributed by atoms with Crippen molar-refractivity contribution in [1.82, 2.24) is 4.98 Å². The lowest BCUT2D eigenvalue weighted by atomic mass is 9.84. The van der Waals surface area contributed by atoms with Gasteiger partial charge in [0.25, 0.3) is 0 Å². The number of allylic oxidation sites excluding steroid dienone is 1. The van der Waals surface area contributed by atoms with Gasteiger partial charge in [-0.1, -0.05) is 72.3 Å². The van der Waals surface area contributed by atoms with Crippen LogP contribution in [0.2, 0.25) is 0 Å². The van der Waals surface area contributed by atoms with Gasteiger partial charge in [-0.2, -0.15) is 10.5 Å². The predicted octanol–water partition coefficient (Wildman–Crippen LogP) is 5.80. The second kappa shape index (κ2) is 16.4. The Morgan fingerprint density at radius 1 is 0.976 bits per heavy atom. The fraction of sp³-hybridized carbons (Fsp3) is 0.529. The molecule has 0 saturated carbocycles. The molecule has 2 aromatic rings. The molecule has 2 heterocycles. The number of hydrogen-bond acceptors (Lipinski definition) is 8. The van der Waals surface area contributed by atoms with E-state index in [1.54, 1.807) is 30.5 Å². The Balaban J connectivity index is 1.93. The zero-order chi connectivity index (χ0) is 30.5. The Morgan fingerprint density at radius 2 is 1.64 bits per heavy atom. The molecule has 0 spiro atoms. The number of carbonyl (C=O) groups excluding carboxylic acids is 2. The van der Waals surface area contributed by atoms with E-state index in [2.05, 4.69) is 43.7 Å². The van der Waals surface area contributed by atoms with Crippen LogP contribution in [0, 0.1) is 40.4 Å². The Kier molecular flexibility index (Phi) is 12.7. The average Bonchev–Trinajstić information content (AvgIpc) is 3.01. The summed E-state index contributed by atoms with van der Waals surface area (Å²) in [5.74, 6) is -2.31. The largest absolute Gasteiger partial charge is 0.464 e. The molecule has 0 N–H and O–H groups in total. The Morgan fingerprint density at radius 3 is 2.24 bits per heavy atom. The lowest BCUT2D eigenvalue weighted by Crippen LogP contribution is -2.29. The molecule has 4 unspecified atom stereocenters. The Bertz CT molecular complexity index is 1480. The molecule has 1 aromatic heterocycles. The molecule has 4 atom stereocenters. The van der Waals surface area contributed by atoms with Crippen molar-refractivity contribution in [1.29, 1.82) is 10.5 Å². The number of hydrogen-bond donors (Lipinski definition) is 0. The molecule has 0 fully saturated rings. The second-order valence-corrected chi connectivity index (χ2v) is 10.9. The summed E-state index contributed by atoms with van der Waals surface area (Å²) in [6, 6.07) is 9.33. The van der Waals surface area contributed by atoms with Crippen LogP contribution in [0.4, 0.5) is 0 Å². The summed E-state index contributed by atoms with van der Waals surface area (Å²) in [6.07, 6.45) is 12.9. The van der Waals surface area contributed by atoms with E-state index in [-0.39, 0.29) is 24.0 Å². The molecule has 222 valence electrons. The van der Waals surface area contributed by atoms with Gasteiger partial charge in [0, 0.05) is 28.9 Å². The van der Waals surface area contributed by atoms with Gasteiger partial charge in [-0.3, -0.25) is 14.8 Å². The zero-order valence-corrected chi connectivity index (χ0v) is 25.3. The first-order valence-corrected chi connectivity index (χ1v) is 15.2. The van der Waals surface area contributed by atoms with Gasteiger partial charge < -0.3 is 9.47 Å². The molecule has 1 aliphatic rings. The van der Waals surface area contributed by atoms with Crippen molar-refractivity contribution in [2.24, 2.45) is 22.7 Å². The van der Waals surface area contributed by atoms with Gasteiger partial charge in [0.2, 0.25) is 0 Å². The highest BCUT2D eigenvalue weighted by molar-refractivity contribution is 6.16. The molecule has 0 amide bonds. The molecule has 0 saturated heterocycles. The van der Waals surface area contributed by atoms with Crippen LogP contribution in [0.5, 0.6) is 0 Å². The lowest BCUT2D eigenvalue weighted by molar-refractivity contribution is -0.148. The third-order valence-electron chi connectivity index (χ3n) is 8.09. The monoisotopic (exact) mass is 570 g/mol. The van der Waals surface area contributed by atoms with E-state index in [9.17, 15) is 20.1 Å².